The van der Waals surface area contributed by atoms with Crippen LogP contribution < -0.4 is 0 Å². The van der Waals surface area contributed by atoms with Crippen LogP contribution in [-0.4, -0.2) is 5.92 Å². The monoisotopic (exact) mass is 170 g/mol. The third kappa shape index (κ3) is 2.52. The number of halogens is 4. The van der Waals surface area contributed by atoms with Gasteiger partial charge < -0.3 is 0 Å². The Morgan fingerprint density at radius 3 is 1.91 bits per heavy atom. The van der Waals surface area contributed by atoms with E-state index in [-0.39, 0.29) is 6.42 Å². The average Bonchev–Trinajstić information content (AvgIpc) is 2.01. The molecular formula is C7H10F4. The largest absolute Gasteiger partial charge is 0.301 e. The van der Waals surface area contributed by atoms with Crippen molar-refractivity contribution in [1.82, 2.24) is 0 Å². The molecule has 0 nitrogen and oxygen atoms in total. The van der Waals surface area contributed by atoms with Crippen LogP contribution >= 0.6 is 0 Å². The van der Waals surface area contributed by atoms with Crippen LogP contribution in [0.4, 0.5) is 17.6 Å². The van der Waals surface area contributed by atoms with Crippen LogP contribution in [0.25, 0.3) is 0 Å². The van der Waals surface area contributed by atoms with Crippen molar-refractivity contribution in [1.29, 1.82) is 0 Å². The molecule has 0 unspecified atom stereocenters. The summed E-state index contributed by atoms with van der Waals surface area (Å²) in [6.07, 6.45) is -1.05. The first kappa shape index (κ1) is 10.5. The van der Waals surface area contributed by atoms with Crippen molar-refractivity contribution >= 4 is 0 Å². The Labute approximate surface area is 62.9 Å². The second-order valence-corrected chi connectivity index (χ2v) is 2.13. The lowest BCUT2D eigenvalue weighted by molar-refractivity contribution is 0.0104. The van der Waals surface area contributed by atoms with E-state index in [1.54, 1.807) is 0 Å². The molecule has 0 heterocycles. The first-order valence-electron chi connectivity index (χ1n) is 3.38. The Hall–Kier alpha value is -0.540. The molecule has 0 rings (SSSR count). The van der Waals surface area contributed by atoms with E-state index in [2.05, 4.69) is 0 Å². The molecule has 4 heteroatoms. The Kier molecular flexibility index (Phi) is 3.55. The molecule has 0 bridgehead atoms. The van der Waals surface area contributed by atoms with Crippen LogP contribution in [0.5, 0.6) is 0 Å². The fourth-order valence-electron chi connectivity index (χ4n) is 0.509. The molecule has 11 heavy (non-hydrogen) atoms. The van der Waals surface area contributed by atoms with Gasteiger partial charge in [-0.15, -0.1) is 0 Å². The topological polar surface area (TPSA) is 0 Å². The normalized spacial score (nSPS) is 14.7. The molecule has 0 fully saturated rings. The molecule has 0 aromatic heterocycles. The van der Waals surface area contributed by atoms with Gasteiger partial charge in [0, 0.05) is 6.42 Å². The summed E-state index contributed by atoms with van der Waals surface area (Å²) in [4.78, 5) is 0. The van der Waals surface area contributed by atoms with E-state index in [4.69, 9.17) is 0 Å². The van der Waals surface area contributed by atoms with Crippen molar-refractivity contribution in [2.45, 2.75) is 32.6 Å². The Balaban J connectivity index is 4.57. The highest BCUT2D eigenvalue weighted by Crippen LogP contribution is 2.32. The summed E-state index contributed by atoms with van der Waals surface area (Å²) in [5.74, 6) is -6.93. The summed E-state index contributed by atoms with van der Waals surface area (Å²) in [6.45, 7) is 2.38. The molecule has 0 aliphatic carbocycles. The third-order valence-corrected chi connectivity index (χ3v) is 1.31. The molecule has 0 saturated carbocycles. The smallest absolute Gasteiger partial charge is 0.209 e. The van der Waals surface area contributed by atoms with Crippen LogP contribution in [0.3, 0.4) is 0 Å². The summed E-state index contributed by atoms with van der Waals surface area (Å²) in [5, 5.41) is 0. The van der Waals surface area contributed by atoms with Gasteiger partial charge in [0.25, 0.3) is 0 Å². The summed E-state index contributed by atoms with van der Waals surface area (Å²) in [6, 6.07) is 0. The van der Waals surface area contributed by atoms with Crippen molar-refractivity contribution in [3.05, 3.63) is 11.7 Å². The van der Waals surface area contributed by atoms with E-state index in [0.717, 1.165) is 6.92 Å². The number of hydrogen-bond acceptors (Lipinski definition) is 0. The van der Waals surface area contributed by atoms with Crippen LogP contribution in [0, 0.1) is 0 Å². The SMILES string of the molecule is CC/C(F)=C(\F)C(F)(F)CC. The predicted molar refractivity (Wildman–Crippen MR) is 34.8 cm³/mol. The molecule has 0 spiro atoms. The lowest BCUT2D eigenvalue weighted by atomic mass is 10.2. The zero-order chi connectivity index (χ0) is 9.07. The zero-order valence-corrected chi connectivity index (χ0v) is 6.43. The van der Waals surface area contributed by atoms with Crippen LogP contribution in [0.2, 0.25) is 0 Å². The number of alkyl halides is 2. The molecule has 0 amide bonds. The molecule has 0 aromatic rings. The molecule has 0 aliphatic heterocycles. The Bertz CT molecular complexity index is 160. The van der Waals surface area contributed by atoms with Crippen LogP contribution in [0.15, 0.2) is 11.7 Å². The van der Waals surface area contributed by atoms with Crippen LogP contribution in [0.1, 0.15) is 26.7 Å². The Morgan fingerprint density at radius 1 is 1.18 bits per heavy atom. The van der Waals surface area contributed by atoms with Gasteiger partial charge in [0.2, 0.25) is 5.83 Å². The van der Waals surface area contributed by atoms with E-state index < -0.39 is 24.0 Å². The standard InChI is InChI=1S/C7H10F4/c1-3-5(8)6(9)7(10,11)4-2/h3-4H2,1-2H3/b6-5+. The average molecular weight is 170 g/mol. The highest BCUT2D eigenvalue weighted by atomic mass is 19.3. The van der Waals surface area contributed by atoms with E-state index in [1.165, 1.54) is 6.92 Å². The fraction of sp³-hybridized carbons (Fsp3) is 0.714. The maximum atomic E-state index is 12.3. The van der Waals surface area contributed by atoms with E-state index in [0.29, 0.717) is 0 Å². The predicted octanol–water partition coefficient (Wildman–Crippen LogP) is 3.59. The first-order valence-corrected chi connectivity index (χ1v) is 3.38. The fourth-order valence-corrected chi connectivity index (χ4v) is 0.509. The molecule has 0 N–H and O–H groups in total. The van der Waals surface area contributed by atoms with Crippen molar-refractivity contribution in [2.24, 2.45) is 0 Å². The minimum atomic E-state index is -3.64. The zero-order valence-electron chi connectivity index (χ0n) is 6.43. The van der Waals surface area contributed by atoms with Gasteiger partial charge in [0.15, 0.2) is 0 Å². The number of rotatable bonds is 3. The van der Waals surface area contributed by atoms with Gasteiger partial charge in [-0.1, -0.05) is 13.8 Å². The maximum Gasteiger partial charge on any atom is 0.301 e. The summed E-state index contributed by atoms with van der Waals surface area (Å²) < 4.78 is 49.2. The summed E-state index contributed by atoms with van der Waals surface area (Å²) in [7, 11) is 0. The minimum Gasteiger partial charge on any atom is -0.209 e. The van der Waals surface area contributed by atoms with E-state index in [1.807, 2.05) is 0 Å². The molecule has 0 radical (unpaired) electrons. The maximum absolute atomic E-state index is 12.3. The van der Waals surface area contributed by atoms with Crippen molar-refractivity contribution in [3.63, 3.8) is 0 Å². The number of allylic oxidation sites excluding steroid dienone is 2. The second kappa shape index (κ2) is 3.74. The molecule has 0 aromatic carbocycles. The number of hydrogen-bond donors (Lipinski definition) is 0. The van der Waals surface area contributed by atoms with E-state index in [9.17, 15) is 17.6 Å². The summed E-state index contributed by atoms with van der Waals surface area (Å²) in [5.41, 5.74) is 0. The molecule has 0 saturated heterocycles. The van der Waals surface area contributed by atoms with Gasteiger partial charge in [-0.25, -0.2) is 8.78 Å². The Morgan fingerprint density at radius 2 is 1.64 bits per heavy atom. The highest BCUT2D eigenvalue weighted by Gasteiger charge is 2.35. The van der Waals surface area contributed by atoms with Gasteiger partial charge in [-0.2, -0.15) is 8.78 Å². The van der Waals surface area contributed by atoms with E-state index >= 15 is 0 Å². The molecular weight excluding hydrogens is 160 g/mol. The molecule has 66 valence electrons. The molecule has 0 atom stereocenters. The molecule has 0 aliphatic rings. The minimum absolute atomic E-state index is 0.332. The quantitative estimate of drug-likeness (QED) is 0.568. The van der Waals surface area contributed by atoms with Crippen molar-refractivity contribution in [2.75, 3.05) is 0 Å². The van der Waals surface area contributed by atoms with Crippen molar-refractivity contribution < 1.29 is 17.6 Å². The van der Waals surface area contributed by atoms with Gasteiger partial charge in [0.1, 0.15) is 5.83 Å². The lowest BCUT2D eigenvalue weighted by Crippen LogP contribution is -2.16. The summed E-state index contributed by atoms with van der Waals surface area (Å²) >= 11 is 0. The second-order valence-electron chi connectivity index (χ2n) is 2.13. The van der Waals surface area contributed by atoms with Gasteiger partial charge in [0.05, 0.1) is 0 Å². The van der Waals surface area contributed by atoms with Gasteiger partial charge in [-0.05, 0) is 6.42 Å². The van der Waals surface area contributed by atoms with Crippen LogP contribution in [-0.2, 0) is 0 Å². The third-order valence-electron chi connectivity index (χ3n) is 1.31. The lowest BCUT2D eigenvalue weighted by Gasteiger charge is -2.11. The van der Waals surface area contributed by atoms with Gasteiger partial charge in [-0.3, -0.25) is 0 Å². The first-order chi connectivity index (χ1) is 4.95. The van der Waals surface area contributed by atoms with Gasteiger partial charge >= 0.3 is 5.92 Å². The van der Waals surface area contributed by atoms with Crippen molar-refractivity contribution in [3.8, 4) is 0 Å². The highest BCUT2D eigenvalue weighted by molar-refractivity contribution is 5.08.